The van der Waals surface area contributed by atoms with Gasteiger partial charge >= 0.3 is 5.97 Å². The molecule has 1 aromatic carbocycles. The number of nitrogens with zero attached hydrogens (tertiary/aromatic N) is 4. The highest BCUT2D eigenvalue weighted by molar-refractivity contribution is 5.94. The van der Waals surface area contributed by atoms with Crippen LogP contribution in [-0.4, -0.2) is 52.0 Å². The third-order valence-corrected chi connectivity index (χ3v) is 4.95. The van der Waals surface area contributed by atoms with Crippen LogP contribution in [0.25, 0.3) is 10.9 Å². The summed E-state index contributed by atoms with van der Waals surface area (Å²) >= 11 is 0. The second-order valence-corrected chi connectivity index (χ2v) is 6.60. The van der Waals surface area contributed by atoms with Gasteiger partial charge in [0.05, 0.1) is 16.6 Å². The molecule has 0 bridgehead atoms. The van der Waals surface area contributed by atoms with E-state index in [1.54, 1.807) is 12.3 Å². The van der Waals surface area contributed by atoms with Gasteiger partial charge in [0.15, 0.2) is 0 Å². The molecule has 0 atom stereocenters. The summed E-state index contributed by atoms with van der Waals surface area (Å²) in [6.07, 6.45) is 2.84. The number of anilines is 2. The van der Waals surface area contributed by atoms with Crippen molar-refractivity contribution in [3.05, 3.63) is 58.5 Å². The summed E-state index contributed by atoms with van der Waals surface area (Å²) in [4.78, 5) is 32.1. The summed E-state index contributed by atoms with van der Waals surface area (Å²) in [5.74, 6) is 5.37. The predicted octanol–water partition coefficient (Wildman–Crippen LogP) is 0.841. The number of aromatic carboxylic acids is 1. The van der Waals surface area contributed by atoms with Crippen molar-refractivity contribution in [1.29, 1.82) is 0 Å². The summed E-state index contributed by atoms with van der Waals surface area (Å²) in [5.41, 5.74) is -0.207. The lowest BCUT2D eigenvalue weighted by atomic mass is 10.1. The maximum Gasteiger partial charge on any atom is 0.341 e. The topological polar surface area (TPSA) is 125 Å². The van der Waals surface area contributed by atoms with Gasteiger partial charge in [0.2, 0.25) is 5.43 Å². The molecule has 9 nitrogen and oxygen atoms in total. The average Bonchev–Trinajstić information content (AvgIpc) is 2.71. The Morgan fingerprint density at radius 3 is 2.46 bits per heavy atom. The number of carboxylic acid groups (broad SMARTS) is 1. The Labute approximate surface area is 159 Å². The number of nitrogen functional groups attached to an aromatic ring is 1. The van der Waals surface area contributed by atoms with Crippen molar-refractivity contribution in [2.45, 2.75) is 0 Å². The molecule has 4 N–H and O–H groups in total. The largest absolute Gasteiger partial charge is 0.506 e. The lowest BCUT2D eigenvalue weighted by Crippen LogP contribution is -2.46. The number of aromatic nitrogens is 2. The summed E-state index contributed by atoms with van der Waals surface area (Å²) in [5, 5.41) is 19.7. The molecule has 3 aromatic rings. The Kier molecular flexibility index (Phi) is 4.26. The molecule has 28 heavy (non-hydrogen) atoms. The van der Waals surface area contributed by atoms with E-state index in [9.17, 15) is 14.7 Å². The smallest absolute Gasteiger partial charge is 0.341 e. The molecule has 0 aliphatic carbocycles. The maximum atomic E-state index is 12.4. The first kappa shape index (κ1) is 17.7. The maximum absolute atomic E-state index is 12.4. The number of benzene rings is 1. The number of piperazine rings is 1. The van der Waals surface area contributed by atoms with Gasteiger partial charge in [-0.05, 0) is 24.3 Å². The number of hydrogen-bond acceptors (Lipinski definition) is 7. The molecular formula is C19H19N5O4. The number of phenolic OH excluding ortho intramolecular Hbond substituents is 1. The molecule has 2 aromatic heterocycles. The van der Waals surface area contributed by atoms with Crippen LogP contribution in [0.5, 0.6) is 5.75 Å². The van der Waals surface area contributed by atoms with E-state index in [4.69, 9.17) is 10.9 Å². The molecule has 4 rings (SSSR count). The lowest BCUT2D eigenvalue weighted by Gasteiger charge is -2.37. The SMILES string of the molecule is Nn1cc(C(=O)O)c(=O)c2cc(O)c(N3CCN(c4ccccn4)CC3)cc21. The van der Waals surface area contributed by atoms with Gasteiger partial charge in [-0.25, -0.2) is 9.78 Å². The number of aromatic hydroxyl groups is 1. The van der Waals surface area contributed by atoms with Crippen molar-refractivity contribution in [1.82, 2.24) is 9.66 Å². The van der Waals surface area contributed by atoms with Crippen LogP contribution in [0, 0.1) is 0 Å². The summed E-state index contributed by atoms with van der Waals surface area (Å²) in [6.45, 7) is 2.75. The zero-order chi connectivity index (χ0) is 19.8. The number of nitrogens with two attached hydrogens (primary N) is 1. The molecule has 1 fully saturated rings. The highest BCUT2D eigenvalue weighted by Gasteiger charge is 2.22. The van der Waals surface area contributed by atoms with Crippen molar-refractivity contribution < 1.29 is 15.0 Å². The molecule has 0 radical (unpaired) electrons. The van der Waals surface area contributed by atoms with E-state index in [0.717, 1.165) is 29.8 Å². The van der Waals surface area contributed by atoms with Gasteiger partial charge in [0.1, 0.15) is 17.1 Å². The van der Waals surface area contributed by atoms with Gasteiger partial charge in [0, 0.05) is 38.6 Å². The first-order valence-electron chi connectivity index (χ1n) is 8.77. The van der Waals surface area contributed by atoms with Gasteiger partial charge in [-0.1, -0.05) is 6.07 Å². The lowest BCUT2D eigenvalue weighted by molar-refractivity contribution is 0.0695. The molecule has 144 valence electrons. The van der Waals surface area contributed by atoms with Gasteiger partial charge in [-0.2, -0.15) is 0 Å². The summed E-state index contributed by atoms with van der Waals surface area (Å²) in [6, 6.07) is 8.67. The van der Waals surface area contributed by atoms with Gasteiger partial charge < -0.3 is 25.9 Å². The van der Waals surface area contributed by atoms with Crippen molar-refractivity contribution in [2.24, 2.45) is 0 Å². The van der Waals surface area contributed by atoms with E-state index in [1.165, 1.54) is 6.07 Å². The third kappa shape index (κ3) is 2.96. The molecule has 0 saturated carbocycles. The third-order valence-electron chi connectivity index (χ3n) is 4.95. The molecule has 1 saturated heterocycles. The van der Waals surface area contributed by atoms with Crippen molar-refractivity contribution in [2.75, 3.05) is 41.8 Å². The Bertz CT molecular complexity index is 1100. The van der Waals surface area contributed by atoms with Gasteiger partial charge in [-0.3, -0.25) is 9.47 Å². The van der Waals surface area contributed by atoms with E-state index in [1.807, 2.05) is 23.1 Å². The van der Waals surface area contributed by atoms with Crippen LogP contribution in [0.15, 0.2) is 47.5 Å². The highest BCUT2D eigenvalue weighted by atomic mass is 16.4. The number of rotatable bonds is 3. The number of fused-ring (bicyclic) bond motifs is 1. The van der Waals surface area contributed by atoms with E-state index < -0.39 is 17.0 Å². The van der Waals surface area contributed by atoms with Crippen molar-refractivity contribution in [3.63, 3.8) is 0 Å². The first-order valence-corrected chi connectivity index (χ1v) is 8.77. The zero-order valence-corrected chi connectivity index (χ0v) is 14.9. The molecule has 3 heterocycles. The van der Waals surface area contributed by atoms with E-state index in [0.29, 0.717) is 24.3 Å². The minimum atomic E-state index is -1.36. The van der Waals surface area contributed by atoms with Gasteiger partial charge in [0.25, 0.3) is 0 Å². The fourth-order valence-corrected chi connectivity index (χ4v) is 3.50. The first-order chi connectivity index (χ1) is 13.5. The predicted molar refractivity (Wildman–Crippen MR) is 106 cm³/mol. The van der Waals surface area contributed by atoms with Crippen LogP contribution in [0.3, 0.4) is 0 Å². The molecule has 0 amide bonds. The average molecular weight is 381 g/mol. The van der Waals surface area contributed by atoms with Crippen molar-refractivity contribution >= 4 is 28.4 Å². The van der Waals surface area contributed by atoms with Crippen LogP contribution in [-0.2, 0) is 0 Å². The van der Waals surface area contributed by atoms with Crippen molar-refractivity contribution in [3.8, 4) is 5.75 Å². The monoisotopic (exact) mass is 381 g/mol. The number of hydrogen-bond donors (Lipinski definition) is 3. The standard InChI is InChI=1S/C19H19N5O4/c20-24-11-13(19(27)28)18(26)12-9-16(25)15(10-14(12)24)22-5-7-23(8-6-22)17-3-1-2-4-21-17/h1-4,9-11,25H,5-8,20H2,(H,27,28). The Balaban J connectivity index is 1.66. The molecule has 0 unspecified atom stereocenters. The van der Waals surface area contributed by atoms with E-state index >= 15 is 0 Å². The fraction of sp³-hybridized carbons (Fsp3) is 0.211. The van der Waals surface area contributed by atoms with E-state index in [-0.39, 0.29) is 11.1 Å². The molecule has 9 heteroatoms. The molecule has 0 spiro atoms. The zero-order valence-electron chi connectivity index (χ0n) is 14.9. The Hall–Kier alpha value is -3.75. The summed E-state index contributed by atoms with van der Waals surface area (Å²) < 4.78 is 1.10. The van der Waals surface area contributed by atoms with Gasteiger partial charge in [-0.15, -0.1) is 0 Å². The quantitative estimate of drug-likeness (QED) is 0.570. The van der Waals surface area contributed by atoms with Crippen LogP contribution in [0.1, 0.15) is 10.4 Å². The van der Waals surface area contributed by atoms with Crippen LogP contribution < -0.4 is 21.1 Å². The Morgan fingerprint density at radius 1 is 1.11 bits per heavy atom. The molecule has 1 aliphatic rings. The molecule has 1 aliphatic heterocycles. The number of phenols is 1. The minimum Gasteiger partial charge on any atom is -0.506 e. The van der Waals surface area contributed by atoms with Crippen LogP contribution in [0.2, 0.25) is 0 Å². The normalized spacial score (nSPS) is 14.4. The second-order valence-electron chi connectivity index (χ2n) is 6.60. The second kappa shape index (κ2) is 6.76. The minimum absolute atomic E-state index is 0.0655. The summed E-state index contributed by atoms with van der Waals surface area (Å²) in [7, 11) is 0. The Morgan fingerprint density at radius 2 is 1.82 bits per heavy atom. The number of carbonyl (C=O) groups is 1. The van der Waals surface area contributed by atoms with E-state index in [2.05, 4.69) is 9.88 Å². The number of carboxylic acids is 1. The molecular weight excluding hydrogens is 362 g/mol. The number of pyridine rings is 2. The highest BCUT2D eigenvalue weighted by Crippen LogP contribution is 2.32. The van der Waals surface area contributed by atoms with Crippen LogP contribution >= 0.6 is 0 Å². The van der Waals surface area contributed by atoms with Crippen LogP contribution in [0.4, 0.5) is 11.5 Å². The fourth-order valence-electron chi connectivity index (χ4n) is 3.50.